The van der Waals surface area contributed by atoms with Crippen LogP contribution in [0.15, 0.2) is 67.0 Å². The topological polar surface area (TPSA) is 126 Å². The number of ether oxygens (including phenoxy) is 1. The summed E-state index contributed by atoms with van der Waals surface area (Å²) in [7, 11) is 0. The maximum atomic E-state index is 13.5. The number of amides is 1. The predicted octanol–water partition coefficient (Wildman–Crippen LogP) is 4.59. The van der Waals surface area contributed by atoms with E-state index in [0.29, 0.717) is 22.8 Å². The number of anilines is 1. The number of esters is 1. The summed E-state index contributed by atoms with van der Waals surface area (Å²) in [4.78, 5) is 40.3. The van der Waals surface area contributed by atoms with Crippen LogP contribution in [0.4, 0.5) is 5.69 Å². The highest BCUT2D eigenvalue weighted by atomic mass is 16.5. The molecular formula is C28H26N4O5. The number of aryl methyl sites for hydroxylation is 1. The van der Waals surface area contributed by atoms with Crippen LogP contribution in [0.1, 0.15) is 44.7 Å². The molecule has 2 aromatic heterocycles. The van der Waals surface area contributed by atoms with Crippen molar-refractivity contribution in [3.05, 3.63) is 95.2 Å². The van der Waals surface area contributed by atoms with Crippen molar-refractivity contribution in [1.29, 1.82) is 0 Å². The van der Waals surface area contributed by atoms with Crippen molar-refractivity contribution in [1.82, 2.24) is 15.0 Å². The fourth-order valence-corrected chi connectivity index (χ4v) is 3.91. The minimum Gasteiger partial charge on any atom is -0.508 e. The molecule has 0 saturated carbocycles. The lowest BCUT2D eigenvalue weighted by atomic mass is 10.0. The van der Waals surface area contributed by atoms with Crippen LogP contribution >= 0.6 is 0 Å². The summed E-state index contributed by atoms with van der Waals surface area (Å²) in [5.41, 5.74) is 3.53. The van der Waals surface area contributed by atoms with E-state index in [9.17, 15) is 19.8 Å². The van der Waals surface area contributed by atoms with E-state index in [1.807, 2.05) is 6.07 Å². The minimum atomic E-state index is -0.509. The van der Waals surface area contributed by atoms with Crippen molar-refractivity contribution in [3.8, 4) is 22.8 Å². The SMILES string of the molecule is CCOC(=O)c1nc(C)nc(-c2ccc(N(Cc3cccnc3)C(=O)c3ccc(O)cc3O)cc2)c1C. The van der Waals surface area contributed by atoms with Gasteiger partial charge in [-0.3, -0.25) is 9.78 Å². The lowest BCUT2D eigenvalue weighted by molar-refractivity contribution is 0.0518. The Morgan fingerprint density at radius 2 is 1.76 bits per heavy atom. The Bertz CT molecular complexity index is 1440. The number of phenols is 2. The summed E-state index contributed by atoms with van der Waals surface area (Å²) >= 11 is 0. The maximum absolute atomic E-state index is 13.5. The second kappa shape index (κ2) is 10.9. The Kier molecular flexibility index (Phi) is 7.43. The number of hydrogen-bond acceptors (Lipinski definition) is 8. The molecule has 0 unspecified atom stereocenters. The molecule has 9 heteroatoms. The van der Waals surface area contributed by atoms with Crippen LogP contribution in [0.2, 0.25) is 0 Å². The summed E-state index contributed by atoms with van der Waals surface area (Å²) in [6, 6.07) is 14.6. The first-order chi connectivity index (χ1) is 17.8. The number of phenolic OH excluding ortho intramolecular Hbond substituents is 2. The van der Waals surface area contributed by atoms with Crippen molar-refractivity contribution < 1.29 is 24.5 Å². The number of aromatic hydroxyl groups is 2. The first kappa shape index (κ1) is 25.3. The van der Waals surface area contributed by atoms with Crippen LogP contribution in [0.25, 0.3) is 11.3 Å². The van der Waals surface area contributed by atoms with E-state index in [2.05, 4.69) is 15.0 Å². The van der Waals surface area contributed by atoms with Gasteiger partial charge in [-0.1, -0.05) is 18.2 Å². The molecule has 0 aliphatic rings. The highest BCUT2D eigenvalue weighted by molar-refractivity contribution is 6.08. The predicted molar refractivity (Wildman–Crippen MR) is 137 cm³/mol. The molecule has 0 radical (unpaired) electrons. The average molecular weight is 499 g/mol. The van der Waals surface area contributed by atoms with Gasteiger partial charge in [0.2, 0.25) is 0 Å². The Morgan fingerprint density at radius 1 is 1.00 bits per heavy atom. The lowest BCUT2D eigenvalue weighted by Crippen LogP contribution is -2.30. The van der Waals surface area contributed by atoms with Gasteiger partial charge in [0.15, 0.2) is 5.69 Å². The molecule has 4 rings (SSSR count). The number of nitrogens with zero attached hydrogens (tertiary/aromatic N) is 4. The zero-order chi connectivity index (χ0) is 26.5. The van der Waals surface area contributed by atoms with Crippen LogP contribution in [0.5, 0.6) is 11.5 Å². The van der Waals surface area contributed by atoms with Gasteiger partial charge < -0.3 is 19.8 Å². The van der Waals surface area contributed by atoms with Crippen molar-refractivity contribution in [3.63, 3.8) is 0 Å². The molecule has 0 bridgehead atoms. The van der Waals surface area contributed by atoms with E-state index in [-0.39, 0.29) is 35.9 Å². The van der Waals surface area contributed by atoms with Crippen LogP contribution < -0.4 is 4.90 Å². The summed E-state index contributed by atoms with van der Waals surface area (Å²) < 4.78 is 5.13. The van der Waals surface area contributed by atoms with Gasteiger partial charge in [-0.25, -0.2) is 14.8 Å². The first-order valence-electron chi connectivity index (χ1n) is 11.6. The second-order valence-corrected chi connectivity index (χ2v) is 8.31. The first-order valence-corrected chi connectivity index (χ1v) is 11.6. The molecule has 0 spiro atoms. The largest absolute Gasteiger partial charge is 0.508 e. The highest BCUT2D eigenvalue weighted by Gasteiger charge is 2.23. The van der Waals surface area contributed by atoms with Crippen molar-refractivity contribution >= 4 is 17.6 Å². The van der Waals surface area contributed by atoms with E-state index in [4.69, 9.17) is 4.74 Å². The minimum absolute atomic E-state index is 0.0483. The average Bonchev–Trinajstić information content (AvgIpc) is 2.89. The third-order valence-corrected chi connectivity index (χ3v) is 5.70. The number of aromatic nitrogens is 3. The second-order valence-electron chi connectivity index (χ2n) is 8.31. The van der Waals surface area contributed by atoms with E-state index in [1.165, 1.54) is 17.0 Å². The summed E-state index contributed by atoms with van der Waals surface area (Å²) in [5.74, 6) is -0.992. The quantitative estimate of drug-likeness (QED) is 0.354. The fraction of sp³-hybridized carbons (Fsp3) is 0.179. The molecule has 0 saturated heterocycles. The van der Waals surface area contributed by atoms with Gasteiger partial charge in [0.05, 0.1) is 24.4 Å². The van der Waals surface area contributed by atoms with Crippen LogP contribution in [0.3, 0.4) is 0 Å². The van der Waals surface area contributed by atoms with Gasteiger partial charge in [-0.2, -0.15) is 0 Å². The number of carbonyl (C=O) groups is 2. The number of hydrogen-bond donors (Lipinski definition) is 2. The Balaban J connectivity index is 1.73. The number of carbonyl (C=O) groups excluding carboxylic acids is 2. The third kappa shape index (κ3) is 5.56. The number of benzene rings is 2. The summed E-state index contributed by atoms with van der Waals surface area (Å²) in [5, 5.41) is 20.0. The number of rotatable bonds is 7. The maximum Gasteiger partial charge on any atom is 0.357 e. The molecule has 37 heavy (non-hydrogen) atoms. The normalized spacial score (nSPS) is 10.7. The Labute approximate surface area is 214 Å². The smallest absolute Gasteiger partial charge is 0.357 e. The van der Waals surface area contributed by atoms with E-state index in [1.54, 1.807) is 63.5 Å². The van der Waals surface area contributed by atoms with Gasteiger partial charge in [-0.15, -0.1) is 0 Å². The third-order valence-electron chi connectivity index (χ3n) is 5.70. The monoisotopic (exact) mass is 498 g/mol. The van der Waals surface area contributed by atoms with Crippen LogP contribution in [-0.2, 0) is 11.3 Å². The van der Waals surface area contributed by atoms with Crippen LogP contribution in [-0.4, -0.2) is 43.6 Å². The molecule has 9 nitrogen and oxygen atoms in total. The lowest BCUT2D eigenvalue weighted by Gasteiger charge is -2.24. The van der Waals surface area contributed by atoms with Gasteiger partial charge in [0.25, 0.3) is 5.91 Å². The van der Waals surface area contributed by atoms with Crippen molar-refractivity contribution in [2.24, 2.45) is 0 Å². The van der Waals surface area contributed by atoms with Gasteiger partial charge in [0.1, 0.15) is 17.3 Å². The Hall–Kier alpha value is -4.79. The number of pyridine rings is 1. The van der Waals surface area contributed by atoms with Gasteiger partial charge >= 0.3 is 5.97 Å². The van der Waals surface area contributed by atoms with E-state index in [0.717, 1.165) is 17.2 Å². The van der Waals surface area contributed by atoms with Gasteiger partial charge in [0, 0.05) is 35.3 Å². The molecule has 0 aliphatic carbocycles. The van der Waals surface area contributed by atoms with Gasteiger partial charge in [-0.05, 0) is 56.7 Å². The van der Waals surface area contributed by atoms with E-state index < -0.39 is 11.9 Å². The zero-order valence-electron chi connectivity index (χ0n) is 20.7. The Morgan fingerprint density at radius 3 is 2.41 bits per heavy atom. The molecule has 1 amide bonds. The molecule has 2 aromatic carbocycles. The molecule has 188 valence electrons. The molecule has 0 atom stereocenters. The summed E-state index contributed by atoms with van der Waals surface area (Å²) in [6.07, 6.45) is 3.31. The highest BCUT2D eigenvalue weighted by Crippen LogP contribution is 2.30. The molecule has 0 fully saturated rings. The van der Waals surface area contributed by atoms with Crippen molar-refractivity contribution in [2.45, 2.75) is 27.3 Å². The van der Waals surface area contributed by atoms with Crippen molar-refractivity contribution in [2.75, 3.05) is 11.5 Å². The standard InChI is InChI=1S/C28H26N4O5/c1-4-37-28(36)26-17(2)25(30-18(3)31-26)20-7-9-21(10-8-20)32(16-19-6-5-13-29-15-19)27(35)23-12-11-22(33)14-24(23)34/h5-15,33-34H,4,16H2,1-3H3. The molecule has 2 heterocycles. The summed E-state index contributed by atoms with van der Waals surface area (Å²) in [6.45, 7) is 5.64. The molecule has 2 N–H and O–H groups in total. The fourth-order valence-electron chi connectivity index (χ4n) is 3.91. The molecule has 4 aromatic rings. The molecule has 0 aliphatic heterocycles. The zero-order valence-corrected chi connectivity index (χ0v) is 20.7. The molecular weight excluding hydrogens is 472 g/mol. The van der Waals surface area contributed by atoms with Crippen LogP contribution in [0, 0.1) is 13.8 Å². The van der Waals surface area contributed by atoms with E-state index >= 15 is 0 Å².